The number of carbonyl (C=O) groups is 1. The predicted molar refractivity (Wildman–Crippen MR) is 206 cm³/mol. The Labute approximate surface area is 310 Å². The summed E-state index contributed by atoms with van der Waals surface area (Å²) in [5, 5.41) is 0. The highest BCUT2D eigenvalue weighted by Gasteiger charge is 2.70. The van der Waals surface area contributed by atoms with Gasteiger partial charge in [-0.2, -0.15) is 0 Å². The molecular weight excluding hydrogens is 668 g/mol. The van der Waals surface area contributed by atoms with E-state index in [9.17, 15) is 4.79 Å². The van der Waals surface area contributed by atoms with Gasteiger partial charge < -0.3 is 28.3 Å². The van der Waals surface area contributed by atoms with E-state index in [0.717, 1.165) is 42.1 Å². The van der Waals surface area contributed by atoms with Crippen LogP contribution in [0.1, 0.15) is 91.3 Å². The molecule has 2 heterocycles. The molecule has 0 radical (unpaired) electrons. The van der Waals surface area contributed by atoms with Crippen molar-refractivity contribution in [3.05, 3.63) is 59.2 Å². The molecule has 2 aromatic carbocycles. The number of alkyl halides is 1. The summed E-state index contributed by atoms with van der Waals surface area (Å²) in [6, 6.07) is 15.1. The summed E-state index contributed by atoms with van der Waals surface area (Å²) in [7, 11) is 2.33. The Morgan fingerprint density at radius 2 is 1.68 bits per heavy atom. The van der Waals surface area contributed by atoms with E-state index in [0.29, 0.717) is 49.3 Å². The van der Waals surface area contributed by atoms with Crippen LogP contribution in [0.15, 0.2) is 42.5 Å². The topological polar surface area (TPSA) is 69.7 Å². The van der Waals surface area contributed by atoms with E-state index in [1.165, 1.54) is 5.56 Å². The van der Waals surface area contributed by atoms with Crippen molar-refractivity contribution in [2.24, 2.45) is 23.7 Å². The summed E-state index contributed by atoms with van der Waals surface area (Å²) in [5.41, 5.74) is 2.14. The van der Waals surface area contributed by atoms with Gasteiger partial charge in [-0.1, -0.05) is 71.9 Å². The molecule has 0 saturated carbocycles. The van der Waals surface area contributed by atoms with Crippen LogP contribution < -0.4 is 9.64 Å². The first-order chi connectivity index (χ1) is 23.7. The van der Waals surface area contributed by atoms with Gasteiger partial charge in [0, 0.05) is 51.1 Å². The minimum atomic E-state index is -0.845. The molecule has 0 N–H and O–H groups in total. The number of amides is 1. The number of likely N-dealkylation sites (tertiary alicyclic amines) is 1. The monoisotopic (exact) mass is 730 g/mol. The van der Waals surface area contributed by atoms with Crippen molar-refractivity contribution in [3.8, 4) is 5.75 Å². The molecular formula is C40H63ClN2O6Si. The highest BCUT2D eigenvalue weighted by Crippen LogP contribution is 2.60. The Kier molecular flexibility index (Phi) is 13.8. The van der Waals surface area contributed by atoms with Crippen molar-refractivity contribution in [2.75, 3.05) is 51.5 Å². The molecule has 50 heavy (non-hydrogen) atoms. The fourth-order valence-corrected chi connectivity index (χ4v) is 9.78. The number of halogens is 1. The van der Waals surface area contributed by atoms with E-state index in [1.807, 2.05) is 25.7 Å². The second-order valence-corrected chi connectivity index (χ2v) is 16.9. The maximum Gasteiger partial charge on any atom is 0.410 e. The van der Waals surface area contributed by atoms with E-state index in [1.54, 1.807) is 7.11 Å². The second-order valence-electron chi connectivity index (χ2n) is 16.0. The molecule has 2 aliphatic heterocycles. The maximum atomic E-state index is 14.6. The zero-order chi connectivity index (χ0) is 36.9. The Morgan fingerprint density at radius 1 is 1.02 bits per heavy atom. The molecule has 2 aliphatic rings. The van der Waals surface area contributed by atoms with Crippen molar-refractivity contribution in [3.63, 3.8) is 0 Å². The van der Waals surface area contributed by atoms with E-state index < -0.39 is 16.7 Å². The fraction of sp³-hybridized carbons (Fsp3) is 0.675. The van der Waals surface area contributed by atoms with Crippen LogP contribution in [-0.2, 0) is 31.1 Å². The molecule has 10 heteroatoms. The number of benzene rings is 2. The molecule has 0 aromatic heterocycles. The van der Waals surface area contributed by atoms with Crippen molar-refractivity contribution in [1.29, 1.82) is 0 Å². The van der Waals surface area contributed by atoms with Crippen molar-refractivity contribution < 1.29 is 28.2 Å². The molecule has 1 saturated heterocycles. The number of ether oxygens (including phenoxy) is 4. The molecule has 0 bridgehead atoms. The maximum absolute atomic E-state index is 14.6. The Hall–Kier alpha value is -2.30. The summed E-state index contributed by atoms with van der Waals surface area (Å²) in [6.07, 6.45) is 0.632. The zero-order valence-electron chi connectivity index (χ0n) is 32.5. The van der Waals surface area contributed by atoms with Crippen LogP contribution in [0.2, 0.25) is 0 Å². The zero-order valence-corrected chi connectivity index (χ0v) is 35.3. The smallest absolute Gasteiger partial charge is 0.410 e. The van der Waals surface area contributed by atoms with E-state index >= 15 is 0 Å². The van der Waals surface area contributed by atoms with Gasteiger partial charge in [0.05, 0.1) is 24.4 Å². The lowest BCUT2D eigenvalue weighted by Gasteiger charge is -2.68. The number of hydrogen-bond acceptors (Lipinski definition) is 7. The lowest BCUT2D eigenvalue weighted by atomic mass is 9.50. The van der Waals surface area contributed by atoms with Gasteiger partial charge in [-0.05, 0) is 73.8 Å². The lowest BCUT2D eigenvalue weighted by Crippen LogP contribution is -2.80. The molecule has 0 aliphatic carbocycles. The van der Waals surface area contributed by atoms with Gasteiger partial charge in [-0.25, -0.2) is 4.79 Å². The average Bonchev–Trinajstić information content (AvgIpc) is 3.06. The molecule has 1 amide bonds. The summed E-state index contributed by atoms with van der Waals surface area (Å²) in [6.45, 7) is 23.8. The number of carbonyl (C=O) groups excluding carboxylic acids is 1. The van der Waals surface area contributed by atoms with Crippen LogP contribution in [0.5, 0.6) is 5.75 Å². The highest BCUT2D eigenvalue weighted by atomic mass is 35.5. The van der Waals surface area contributed by atoms with Gasteiger partial charge in [0.1, 0.15) is 34.0 Å². The Morgan fingerprint density at radius 3 is 2.24 bits per heavy atom. The minimum Gasteiger partial charge on any atom is -0.490 e. The largest absolute Gasteiger partial charge is 0.490 e. The third kappa shape index (κ3) is 8.02. The normalized spacial score (nSPS) is 22.3. The molecule has 8 nitrogen and oxygen atoms in total. The standard InChI is InChI=1S/C40H63ClN2O6Si/c1-27(2)39(28(3)4)40(29(5)6,47-25-31-14-17-35-34(22-31)42(19-21-46-35)18-11-20-45-10)36(32-15-12-30(23-41)13-16-32)33(26-48-50)24-43(39)37(44)49-38(7,8)9/h12-17,22,27-29,33,36H,11,18-21,23-26H2,1-10,50H3/t33-,36-,40+/m0/s1. The van der Waals surface area contributed by atoms with Crippen molar-refractivity contribution in [2.45, 2.75) is 104 Å². The quantitative estimate of drug-likeness (QED) is 0.113. The first-order valence-electron chi connectivity index (χ1n) is 18.5. The Bertz CT molecular complexity index is 1390. The van der Waals surface area contributed by atoms with Crippen LogP contribution in [0, 0.1) is 23.7 Å². The van der Waals surface area contributed by atoms with Gasteiger partial charge in [-0.3, -0.25) is 4.90 Å². The lowest BCUT2D eigenvalue weighted by molar-refractivity contribution is -0.255. The summed E-state index contributed by atoms with van der Waals surface area (Å²) < 4.78 is 31.5. The summed E-state index contributed by atoms with van der Waals surface area (Å²) in [5.74, 6) is 1.26. The minimum absolute atomic E-state index is 0.00153. The number of anilines is 1. The SMILES string of the molecule is COCCCN1CCOc2ccc(CO[C@]3(C(C)C)[C@@H](c4ccc(CCl)cc4)[C@H](CO[SiH3])CN(C(=O)OC(C)(C)C)C3(C(C)C)C(C)C)cc21. The van der Waals surface area contributed by atoms with Gasteiger partial charge in [-0.15, -0.1) is 11.6 Å². The molecule has 3 atom stereocenters. The number of rotatable bonds is 14. The van der Waals surface area contributed by atoms with E-state index in [2.05, 4.69) is 88.9 Å². The second kappa shape index (κ2) is 17.0. The molecule has 0 unspecified atom stereocenters. The summed E-state index contributed by atoms with van der Waals surface area (Å²) >= 11 is 6.28. The van der Waals surface area contributed by atoms with Crippen LogP contribution in [-0.4, -0.2) is 84.8 Å². The first kappa shape index (κ1) is 40.5. The number of fused-ring (bicyclic) bond motifs is 1. The highest BCUT2D eigenvalue weighted by molar-refractivity contribution is 6.17. The number of piperidine rings is 1. The van der Waals surface area contributed by atoms with Crippen LogP contribution in [0.3, 0.4) is 0 Å². The predicted octanol–water partition coefficient (Wildman–Crippen LogP) is 7.57. The third-order valence-corrected chi connectivity index (χ3v) is 11.4. The Balaban J connectivity index is 1.95. The molecule has 2 aromatic rings. The first-order valence-corrected chi connectivity index (χ1v) is 19.8. The van der Waals surface area contributed by atoms with E-state index in [4.69, 9.17) is 35.0 Å². The number of nitrogens with zero attached hydrogens (tertiary/aromatic N) is 2. The van der Waals surface area contributed by atoms with Crippen molar-refractivity contribution in [1.82, 2.24) is 4.90 Å². The number of hydrogen-bond donors (Lipinski definition) is 0. The van der Waals surface area contributed by atoms with Gasteiger partial charge >= 0.3 is 6.09 Å². The third-order valence-electron chi connectivity index (χ3n) is 10.8. The van der Waals surface area contributed by atoms with Crippen LogP contribution in [0.25, 0.3) is 0 Å². The average molecular weight is 731 g/mol. The van der Waals surface area contributed by atoms with Crippen LogP contribution >= 0.6 is 11.6 Å². The number of methoxy groups -OCH3 is 1. The van der Waals surface area contributed by atoms with Crippen molar-refractivity contribution >= 4 is 33.9 Å². The molecule has 4 rings (SSSR count). The summed E-state index contributed by atoms with van der Waals surface area (Å²) in [4.78, 5) is 19.0. The van der Waals surface area contributed by atoms with Crippen LogP contribution in [0.4, 0.5) is 10.5 Å². The fourth-order valence-electron chi connectivity index (χ4n) is 9.17. The molecule has 0 spiro atoms. The van der Waals surface area contributed by atoms with E-state index in [-0.39, 0.29) is 35.7 Å². The molecule has 280 valence electrons. The van der Waals surface area contributed by atoms with Gasteiger partial charge in [0.25, 0.3) is 0 Å². The van der Waals surface area contributed by atoms with Gasteiger partial charge in [0.2, 0.25) is 0 Å². The molecule has 1 fully saturated rings. The van der Waals surface area contributed by atoms with Gasteiger partial charge in [0.15, 0.2) is 0 Å².